The predicted octanol–water partition coefficient (Wildman–Crippen LogP) is 2.79. The largest absolute Gasteiger partial charge is 0.496 e. The van der Waals surface area contributed by atoms with E-state index in [9.17, 15) is 4.39 Å². The van der Waals surface area contributed by atoms with Crippen LogP contribution < -0.4 is 16.0 Å². The SMILES string of the molecule is COc1ccc(F)c2nc(NN)c(C(C)C)cc12. The van der Waals surface area contributed by atoms with Crippen molar-refractivity contribution < 1.29 is 9.13 Å². The van der Waals surface area contributed by atoms with Crippen molar-refractivity contribution >= 4 is 16.7 Å². The Morgan fingerprint density at radius 3 is 2.67 bits per heavy atom. The van der Waals surface area contributed by atoms with Gasteiger partial charge in [-0.3, -0.25) is 0 Å². The van der Waals surface area contributed by atoms with Gasteiger partial charge < -0.3 is 10.2 Å². The van der Waals surface area contributed by atoms with E-state index in [4.69, 9.17) is 10.6 Å². The lowest BCUT2D eigenvalue weighted by Gasteiger charge is -2.14. The number of nitrogens with one attached hydrogen (secondary N) is 1. The zero-order chi connectivity index (χ0) is 13.3. The van der Waals surface area contributed by atoms with E-state index in [1.54, 1.807) is 13.2 Å². The summed E-state index contributed by atoms with van der Waals surface area (Å²) in [5, 5.41) is 0.653. The highest BCUT2D eigenvalue weighted by atomic mass is 19.1. The Labute approximate surface area is 105 Å². The van der Waals surface area contributed by atoms with Crippen LogP contribution in [0.2, 0.25) is 0 Å². The molecular weight excluding hydrogens is 233 g/mol. The number of benzene rings is 1. The first-order valence-corrected chi connectivity index (χ1v) is 5.72. The second kappa shape index (κ2) is 4.78. The third kappa shape index (κ3) is 1.97. The molecule has 2 rings (SSSR count). The summed E-state index contributed by atoms with van der Waals surface area (Å²) >= 11 is 0. The van der Waals surface area contributed by atoms with Gasteiger partial charge in [0.25, 0.3) is 0 Å². The highest BCUT2D eigenvalue weighted by Gasteiger charge is 2.14. The number of halogens is 1. The molecule has 5 heteroatoms. The summed E-state index contributed by atoms with van der Waals surface area (Å²) in [6.45, 7) is 4.05. The average molecular weight is 249 g/mol. The van der Waals surface area contributed by atoms with E-state index < -0.39 is 5.82 Å². The third-order valence-electron chi connectivity index (χ3n) is 2.90. The standard InChI is InChI=1S/C13H16FN3O/c1-7(2)8-6-9-11(18-3)5-4-10(14)12(9)16-13(8)17-15/h4-7H,15H2,1-3H3,(H,16,17). The quantitative estimate of drug-likeness (QED) is 0.648. The molecule has 18 heavy (non-hydrogen) atoms. The Morgan fingerprint density at radius 2 is 2.11 bits per heavy atom. The van der Waals surface area contributed by atoms with Crippen LogP contribution in [0.25, 0.3) is 10.9 Å². The van der Waals surface area contributed by atoms with Crippen LogP contribution in [0.15, 0.2) is 18.2 Å². The van der Waals surface area contributed by atoms with Crippen molar-refractivity contribution in [1.82, 2.24) is 4.98 Å². The summed E-state index contributed by atoms with van der Waals surface area (Å²) in [5.41, 5.74) is 3.70. The first-order valence-electron chi connectivity index (χ1n) is 5.72. The number of aromatic nitrogens is 1. The zero-order valence-corrected chi connectivity index (χ0v) is 10.6. The summed E-state index contributed by atoms with van der Waals surface area (Å²) in [7, 11) is 1.55. The van der Waals surface area contributed by atoms with E-state index in [0.717, 1.165) is 5.56 Å². The maximum atomic E-state index is 13.8. The Balaban J connectivity index is 2.82. The molecule has 0 unspecified atom stereocenters. The maximum absolute atomic E-state index is 13.8. The second-order valence-electron chi connectivity index (χ2n) is 4.37. The van der Waals surface area contributed by atoms with E-state index in [1.807, 2.05) is 19.9 Å². The number of nitrogens with two attached hydrogens (primary N) is 1. The van der Waals surface area contributed by atoms with Crippen LogP contribution in [0, 0.1) is 5.82 Å². The van der Waals surface area contributed by atoms with Crippen molar-refractivity contribution in [3.63, 3.8) is 0 Å². The van der Waals surface area contributed by atoms with Crippen LogP contribution in [-0.2, 0) is 0 Å². The number of hydrogen-bond donors (Lipinski definition) is 2. The van der Waals surface area contributed by atoms with Crippen LogP contribution in [0.4, 0.5) is 10.2 Å². The molecular formula is C13H16FN3O. The monoisotopic (exact) mass is 249 g/mol. The minimum absolute atomic E-state index is 0.223. The topological polar surface area (TPSA) is 60.2 Å². The number of anilines is 1. The van der Waals surface area contributed by atoms with Crippen LogP contribution in [0.3, 0.4) is 0 Å². The fourth-order valence-electron chi connectivity index (χ4n) is 1.95. The molecule has 0 spiro atoms. The Bertz CT molecular complexity index is 584. The number of rotatable bonds is 3. The fourth-order valence-corrected chi connectivity index (χ4v) is 1.95. The Hall–Kier alpha value is -1.88. The van der Waals surface area contributed by atoms with Gasteiger partial charge in [-0.25, -0.2) is 15.2 Å². The molecule has 1 aromatic heterocycles. The number of methoxy groups -OCH3 is 1. The number of hydrogen-bond acceptors (Lipinski definition) is 4. The smallest absolute Gasteiger partial charge is 0.149 e. The molecule has 0 radical (unpaired) electrons. The normalized spacial score (nSPS) is 11.0. The van der Waals surface area contributed by atoms with Crippen molar-refractivity contribution in [3.8, 4) is 5.75 Å². The molecule has 96 valence electrons. The number of ether oxygens (including phenoxy) is 1. The van der Waals surface area contributed by atoms with Crippen molar-refractivity contribution in [2.45, 2.75) is 19.8 Å². The number of nitrogen functional groups attached to an aromatic ring is 1. The van der Waals surface area contributed by atoms with Gasteiger partial charge in [0.05, 0.1) is 7.11 Å². The summed E-state index contributed by atoms with van der Waals surface area (Å²) < 4.78 is 19.0. The maximum Gasteiger partial charge on any atom is 0.149 e. The Kier molecular flexibility index (Phi) is 3.34. The van der Waals surface area contributed by atoms with Gasteiger partial charge in [-0.2, -0.15) is 0 Å². The number of hydrazine groups is 1. The molecule has 1 heterocycles. The molecule has 4 nitrogen and oxygen atoms in total. The summed E-state index contributed by atoms with van der Waals surface area (Å²) in [4.78, 5) is 4.23. The Morgan fingerprint density at radius 1 is 1.39 bits per heavy atom. The van der Waals surface area contributed by atoms with E-state index in [0.29, 0.717) is 17.0 Å². The molecule has 0 fully saturated rings. The van der Waals surface area contributed by atoms with Gasteiger partial charge in [-0.15, -0.1) is 0 Å². The molecule has 0 aliphatic rings. The van der Waals surface area contributed by atoms with Crippen LogP contribution in [-0.4, -0.2) is 12.1 Å². The lowest BCUT2D eigenvalue weighted by Crippen LogP contribution is -2.12. The van der Waals surface area contributed by atoms with Gasteiger partial charge in [0, 0.05) is 5.39 Å². The third-order valence-corrected chi connectivity index (χ3v) is 2.90. The van der Waals surface area contributed by atoms with Crippen LogP contribution in [0.5, 0.6) is 5.75 Å². The zero-order valence-electron chi connectivity index (χ0n) is 10.6. The van der Waals surface area contributed by atoms with Gasteiger partial charge in [0.1, 0.15) is 22.9 Å². The summed E-state index contributed by atoms with van der Waals surface area (Å²) in [6.07, 6.45) is 0. The molecule has 1 aromatic carbocycles. The molecule has 0 aliphatic heterocycles. The van der Waals surface area contributed by atoms with Crippen molar-refractivity contribution in [2.24, 2.45) is 5.84 Å². The second-order valence-corrected chi connectivity index (χ2v) is 4.37. The van der Waals surface area contributed by atoms with Gasteiger partial charge in [0.15, 0.2) is 0 Å². The van der Waals surface area contributed by atoms with Crippen molar-refractivity contribution in [3.05, 3.63) is 29.6 Å². The molecule has 0 saturated carbocycles. The number of pyridine rings is 1. The highest BCUT2D eigenvalue weighted by molar-refractivity contribution is 5.88. The predicted molar refractivity (Wildman–Crippen MR) is 70.2 cm³/mol. The van der Waals surface area contributed by atoms with Crippen LogP contribution in [0.1, 0.15) is 25.3 Å². The van der Waals surface area contributed by atoms with Gasteiger partial charge in [-0.05, 0) is 29.7 Å². The number of nitrogens with zero attached hydrogens (tertiary/aromatic N) is 1. The summed E-state index contributed by atoms with van der Waals surface area (Å²) in [5.74, 6) is 6.36. The molecule has 0 atom stereocenters. The van der Waals surface area contributed by atoms with Gasteiger partial charge >= 0.3 is 0 Å². The molecule has 0 saturated heterocycles. The minimum atomic E-state index is -0.391. The lowest BCUT2D eigenvalue weighted by atomic mass is 10.0. The van der Waals surface area contributed by atoms with Crippen LogP contribution >= 0.6 is 0 Å². The van der Waals surface area contributed by atoms with Crippen molar-refractivity contribution in [2.75, 3.05) is 12.5 Å². The minimum Gasteiger partial charge on any atom is -0.496 e. The van der Waals surface area contributed by atoms with Gasteiger partial charge in [0.2, 0.25) is 0 Å². The van der Waals surface area contributed by atoms with Crippen molar-refractivity contribution in [1.29, 1.82) is 0 Å². The van der Waals surface area contributed by atoms with E-state index in [1.165, 1.54) is 6.07 Å². The average Bonchev–Trinajstić information content (AvgIpc) is 2.38. The lowest BCUT2D eigenvalue weighted by molar-refractivity contribution is 0.419. The van der Waals surface area contributed by atoms with E-state index in [2.05, 4.69) is 10.4 Å². The molecule has 3 N–H and O–H groups in total. The molecule has 0 amide bonds. The molecule has 0 bridgehead atoms. The fraction of sp³-hybridized carbons (Fsp3) is 0.308. The first kappa shape index (κ1) is 12.6. The van der Waals surface area contributed by atoms with E-state index >= 15 is 0 Å². The number of fused-ring (bicyclic) bond motifs is 1. The first-order chi connectivity index (χ1) is 8.58. The van der Waals surface area contributed by atoms with E-state index in [-0.39, 0.29) is 11.4 Å². The summed E-state index contributed by atoms with van der Waals surface area (Å²) in [6, 6.07) is 4.80. The highest BCUT2D eigenvalue weighted by Crippen LogP contribution is 2.32. The molecule has 2 aromatic rings. The molecule has 0 aliphatic carbocycles. The van der Waals surface area contributed by atoms with Gasteiger partial charge in [-0.1, -0.05) is 13.8 Å².